The lowest BCUT2D eigenvalue weighted by Crippen LogP contribution is -2.28. The van der Waals surface area contributed by atoms with Gasteiger partial charge in [-0.3, -0.25) is 4.90 Å². The molecular formula is C29H31ClN4O2. The normalized spacial score (nSPS) is 13.8. The molecule has 5 rings (SSSR count). The predicted molar refractivity (Wildman–Crippen MR) is 149 cm³/mol. The van der Waals surface area contributed by atoms with E-state index < -0.39 is 0 Å². The summed E-state index contributed by atoms with van der Waals surface area (Å²) in [5, 5.41) is 12.4. The number of benzene rings is 3. The van der Waals surface area contributed by atoms with Crippen LogP contribution in [0.1, 0.15) is 30.5 Å². The van der Waals surface area contributed by atoms with Gasteiger partial charge in [-0.05, 0) is 55.1 Å². The van der Waals surface area contributed by atoms with Gasteiger partial charge in [-0.25, -0.2) is 4.99 Å². The van der Waals surface area contributed by atoms with E-state index in [1.54, 1.807) is 0 Å². The van der Waals surface area contributed by atoms with Crippen LogP contribution in [0.5, 0.6) is 11.6 Å². The minimum atomic E-state index is 0.0555. The molecule has 1 aromatic heterocycles. The van der Waals surface area contributed by atoms with E-state index in [0.29, 0.717) is 22.9 Å². The van der Waals surface area contributed by atoms with Gasteiger partial charge in [0.25, 0.3) is 0 Å². The fourth-order valence-corrected chi connectivity index (χ4v) is 4.85. The van der Waals surface area contributed by atoms with Crippen molar-refractivity contribution in [2.75, 3.05) is 38.2 Å². The van der Waals surface area contributed by atoms with Gasteiger partial charge in [0, 0.05) is 29.6 Å². The standard InChI is InChI=1S/C29H31ClN4O2/c1-4-34(5-2)18-19-6-10-22(11-7-19)31-28(20-8-13-25-26(16-20)36-15-14-33(25)3)27-23-12-9-21(30)17-24(23)32-29(27)35/h6-13,16-17,32,35H,4-5,14-15,18H2,1-3H3. The summed E-state index contributed by atoms with van der Waals surface area (Å²) in [4.78, 5) is 12.7. The molecule has 0 bridgehead atoms. The third kappa shape index (κ3) is 4.79. The van der Waals surface area contributed by atoms with Gasteiger partial charge in [0.2, 0.25) is 0 Å². The van der Waals surface area contributed by atoms with Gasteiger partial charge in [-0.15, -0.1) is 0 Å². The zero-order chi connectivity index (χ0) is 25.2. The molecule has 186 valence electrons. The molecule has 0 amide bonds. The molecule has 4 aromatic rings. The van der Waals surface area contributed by atoms with Gasteiger partial charge in [-0.1, -0.05) is 49.7 Å². The number of ether oxygens (including phenoxy) is 1. The molecule has 0 spiro atoms. The highest BCUT2D eigenvalue weighted by Crippen LogP contribution is 2.36. The Morgan fingerprint density at radius 2 is 1.86 bits per heavy atom. The van der Waals surface area contributed by atoms with Crippen LogP contribution >= 0.6 is 11.6 Å². The van der Waals surface area contributed by atoms with E-state index in [1.807, 2.05) is 42.5 Å². The maximum atomic E-state index is 11.0. The largest absolute Gasteiger partial charge is 0.494 e. The molecule has 36 heavy (non-hydrogen) atoms. The third-order valence-corrected chi connectivity index (χ3v) is 7.02. The summed E-state index contributed by atoms with van der Waals surface area (Å²) in [5.74, 6) is 0.867. The molecule has 7 heteroatoms. The van der Waals surface area contributed by atoms with Gasteiger partial charge in [0.05, 0.1) is 34.7 Å². The Bertz CT molecular complexity index is 1410. The van der Waals surface area contributed by atoms with E-state index >= 15 is 0 Å². The molecule has 0 atom stereocenters. The van der Waals surface area contributed by atoms with E-state index in [0.717, 1.165) is 59.8 Å². The van der Waals surface area contributed by atoms with Gasteiger partial charge in [-0.2, -0.15) is 0 Å². The Hall–Kier alpha value is -3.48. The number of hydrogen-bond donors (Lipinski definition) is 2. The zero-order valence-corrected chi connectivity index (χ0v) is 21.6. The number of aliphatic imine (C=N–C) groups is 1. The number of nitrogens with one attached hydrogen (secondary N) is 1. The van der Waals surface area contributed by atoms with E-state index in [1.165, 1.54) is 5.56 Å². The van der Waals surface area contributed by atoms with Gasteiger partial charge >= 0.3 is 0 Å². The first-order chi connectivity index (χ1) is 17.5. The molecule has 1 aliphatic heterocycles. The molecule has 3 aromatic carbocycles. The number of fused-ring (bicyclic) bond motifs is 2. The number of aromatic nitrogens is 1. The molecule has 2 N–H and O–H groups in total. The molecule has 0 aliphatic carbocycles. The van der Waals surface area contributed by atoms with Gasteiger partial charge in [0.15, 0.2) is 5.88 Å². The highest BCUT2D eigenvalue weighted by atomic mass is 35.5. The minimum absolute atomic E-state index is 0.0555. The van der Waals surface area contributed by atoms with Crippen LogP contribution in [-0.2, 0) is 6.54 Å². The van der Waals surface area contributed by atoms with Crippen LogP contribution in [0.3, 0.4) is 0 Å². The Morgan fingerprint density at radius 3 is 2.61 bits per heavy atom. The minimum Gasteiger partial charge on any atom is -0.494 e. The molecule has 0 saturated heterocycles. The lowest BCUT2D eigenvalue weighted by Gasteiger charge is -2.28. The molecular weight excluding hydrogens is 472 g/mol. The van der Waals surface area contributed by atoms with E-state index in [4.69, 9.17) is 21.3 Å². The summed E-state index contributed by atoms with van der Waals surface area (Å²) in [6.45, 7) is 8.76. The molecule has 0 saturated carbocycles. The average Bonchev–Trinajstić information content (AvgIpc) is 3.21. The summed E-state index contributed by atoms with van der Waals surface area (Å²) in [5.41, 5.74) is 6.02. The predicted octanol–water partition coefficient (Wildman–Crippen LogP) is 6.37. The van der Waals surface area contributed by atoms with E-state index in [9.17, 15) is 5.11 Å². The summed E-state index contributed by atoms with van der Waals surface area (Å²) in [6, 6.07) is 19.9. The number of likely N-dealkylation sites (N-methyl/N-ethyl adjacent to an activating group) is 1. The molecule has 6 nitrogen and oxygen atoms in total. The lowest BCUT2D eigenvalue weighted by molar-refractivity contribution is 0.296. The quantitative estimate of drug-likeness (QED) is 0.288. The van der Waals surface area contributed by atoms with Crippen LogP contribution in [0, 0.1) is 0 Å². The van der Waals surface area contributed by atoms with Gasteiger partial charge in [0.1, 0.15) is 12.4 Å². The first-order valence-electron chi connectivity index (χ1n) is 12.4. The number of hydrogen-bond acceptors (Lipinski definition) is 5. The number of halogens is 1. The van der Waals surface area contributed by atoms with Crippen LogP contribution < -0.4 is 9.64 Å². The van der Waals surface area contributed by atoms with Crippen molar-refractivity contribution in [3.63, 3.8) is 0 Å². The number of rotatable bonds is 7. The van der Waals surface area contributed by atoms with Crippen molar-refractivity contribution in [3.8, 4) is 11.6 Å². The maximum absolute atomic E-state index is 11.0. The maximum Gasteiger partial charge on any atom is 0.199 e. The van der Waals surface area contributed by atoms with Crippen molar-refractivity contribution >= 4 is 39.6 Å². The van der Waals surface area contributed by atoms with Gasteiger partial charge < -0.3 is 19.7 Å². The molecule has 0 radical (unpaired) electrons. The third-order valence-electron chi connectivity index (χ3n) is 6.78. The average molecular weight is 503 g/mol. The van der Waals surface area contributed by atoms with E-state index in [-0.39, 0.29) is 5.88 Å². The van der Waals surface area contributed by atoms with Crippen LogP contribution in [-0.4, -0.2) is 54.0 Å². The monoisotopic (exact) mass is 502 g/mol. The van der Waals surface area contributed by atoms with Crippen LogP contribution in [0.2, 0.25) is 5.02 Å². The lowest BCUT2D eigenvalue weighted by atomic mass is 9.99. The zero-order valence-electron chi connectivity index (χ0n) is 20.9. The highest BCUT2D eigenvalue weighted by molar-refractivity contribution is 6.31. The Kier molecular flexibility index (Phi) is 6.90. The Morgan fingerprint density at radius 1 is 1.08 bits per heavy atom. The molecule has 0 unspecified atom stereocenters. The topological polar surface area (TPSA) is 64.1 Å². The van der Waals surface area contributed by atoms with Crippen molar-refractivity contribution in [3.05, 3.63) is 82.4 Å². The Balaban J connectivity index is 1.62. The van der Waals surface area contributed by atoms with Crippen molar-refractivity contribution < 1.29 is 9.84 Å². The summed E-state index contributed by atoms with van der Waals surface area (Å²) in [6.07, 6.45) is 0. The fraction of sp³-hybridized carbons (Fsp3) is 0.276. The van der Waals surface area contributed by atoms with Crippen molar-refractivity contribution in [1.29, 1.82) is 0 Å². The first-order valence-corrected chi connectivity index (χ1v) is 12.7. The summed E-state index contributed by atoms with van der Waals surface area (Å²) < 4.78 is 5.97. The fourth-order valence-electron chi connectivity index (χ4n) is 4.68. The highest BCUT2D eigenvalue weighted by Gasteiger charge is 2.22. The molecule has 0 fully saturated rings. The second-order valence-corrected chi connectivity index (χ2v) is 9.52. The van der Waals surface area contributed by atoms with Crippen molar-refractivity contribution in [1.82, 2.24) is 9.88 Å². The smallest absolute Gasteiger partial charge is 0.199 e. The SMILES string of the molecule is CCN(CC)Cc1ccc(N=C(c2ccc3c(c2)OCCN3C)c2c(O)[nH]c3cc(Cl)ccc23)cc1. The van der Waals surface area contributed by atoms with Crippen LogP contribution in [0.25, 0.3) is 10.9 Å². The number of anilines is 1. The number of aromatic hydroxyl groups is 1. The summed E-state index contributed by atoms with van der Waals surface area (Å²) in [7, 11) is 2.06. The van der Waals surface area contributed by atoms with Crippen LogP contribution in [0.15, 0.2) is 65.7 Å². The summed E-state index contributed by atoms with van der Waals surface area (Å²) >= 11 is 6.21. The Labute approximate surface area is 216 Å². The number of aromatic amines is 1. The van der Waals surface area contributed by atoms with Crippen molar-refractivity contribution in [2.45, 2.75) is 20.4 Å². The number of nitrogens with zero attached hydrogens (tertiary/aromatic N) is 3. The first kappa shape index (κ1) is 24.2. The van der Waals surface area contributed by atoms with E-state index in [2.05, 4.69) is 53.9 Å². The second kappa shape index (κ2) is 10.2. The number of H-pyrrole nitrogens is 1. The molecule has 2 heterocycles. The second-order valence-electron chi connectivity index (χ2n) is 9.08. The van der Waals surface area contributed by atoms with Crippen molar-refractivity contribution in [2.24, 2.45) is 4.99 Å². The van der Waals surface area contributed by atoms with Crippen LogP contribution in [0.4, 0.5) is 11.4 Å². The molecule has 1 aliphatic rings.